The first kappa shape index (κ1) is 6.41. The van der Waals surface area contributed by atoms with Gasteiger partial charge in [-0.1, -0.05) is 13.0 Å². The molecular weight excluding hydrogens is 86.1 g/mol. The van der Waals surface area contributed by atoms with E-state index in [1.807, 2.05) is 13.0 Å². The van der Waals surface area contributed by atoms with Crippen molar-refractivity contribution in [3.05, 3.63) is 11.6 Å². The standard InChI is InChI=1S/C6H11N/c1-3-4-6(2)5-7/h4-5,7H,3H2,1-2H3. The van der Waals surface area contributed by atoms with Crippen molar-refractivity contribution in [2.45, 2.75) is 20.3 Å². The molecule has 0 bridgehead atoms. The van der Waals surface area contributed by atoms with Crippen LogP contribution in [-0.2, 0) is 0 Å². The minimum Gasteiger partial charge on any atom is -0.308 e. The summed E-state index contributed by atoms with van der Waals surface area (Å²) in [6.45, 7) is 3.99. The van der Waals surface area contributed by atoms with E-state index in [2.05, 4.69) is 6.92 Å². The van der Waals surface area contributed by atoms with Gasteiger partial charge < -0.3 is 5.41 Å². The zero-order valence-corrected chi connectivity index (χ0v) is 4.86. The summed E-state index contributed by atoms with van der Waals surface area (Å²) in [4.78, 5) is 0. The second-order valence-electron chi connectivity index (χ2n) is 1.50. The molecule has 0 aliphatic rings. The Kier molecular flexibility index (Phi) is 3.29. The number of nitrogens with one attached hydrogen (secondary N) is 1. The number of rotatable bonds is 2. The molecule has 40 valence electrons. The van der Waals surface area contributed by atoms with E-state index < -0.39 is 0 Å². The van der Waals surface area contributed by atoms with Gasteiger partial charge in [-0.25, -0.2) is 0 Å². The Morgan fingerprint density at radius 1 is 1.71 bits per heavy atom. The average molecular weight is 97.2 g/mol. The Labute approximate surface area is 44.6 Å². The van der Waals surface area contributed by atoms with Crippen LogP contribution in [0, 0.1) is 5.41 Å². The average Bonchev–Trinajstić information content (AvgIpc) is 1.68. The summed E-state index contributed by atoms with van der Waals surface area (Å²) in [5.74, 6) is 0. The fourth-order valence-corrected chi connectivity index (χ4v) is 0.381. The van der Waals surface area contributed by atoms with Gasteiger partial charge in [0.15, 0.2) is 0 Å². The number of hydrogen-bond acceptors (Lipinski definition) is 1. The molecular formula is C6H11N. The molecule has 0 spiro atoms. The minimum absolute atomic E-state index is 1.03. The third-order valence-electron chi connectivity index (χ3n) is 0.754. The zero-order chi connectivity index (χ0) is 5.70. The molecule has 0 amide bonds. The lowest BCUT2D eigenvalue weighted by Crippen LogP contribution is -1.71. The minimum atomic E-state index is 1.03. The largest absolute Gasteiger partial charge is 0.308 e. The second kappa shape index (κ2) is 3.59. The van der Waals surface area contributed by atoms with E-state index in [4.69, 9.17) is 5.41 Å². The summed E-state index contributed by atoms with van der Waals surface area (Å²) in [5, 5.41) is 6.72. The molecule has 0 radical (unpaired) electrons. The Morgan fingerprint density at radius 3 is 2.43 bits per heavy atom. The van der Waals surface area contributed by atoms with Crippen molar-refractivity contribution in [2.75, 3.05) is 0 Å². The van der Waals surface area contributed by atoms with E-state index in [0.717, 1.165) is 12.0 Å². The molecule has 1 N–H and O–H groups in total. The van der Waals surface area contributed by atoms with E-state index in [9.17, 15) is 0 Å². The maximum atomic E-state index is 6.72. The maximum Gasteiger partial charge on any atom is 0.0203 e. The van der Waals surface area contributed by atoms with Gasteiger partial charge in [0, 0.05) is 6.21 Å². The molecule has 0 unspecified atom stereocenters. The molecule has 0 rings (SSSR count). The van der Waals surface area contributed by atoms with E-state index in [1.54, 1.807) is 0 Å². The normalized spacial score (nSPS) is 11.4. The van der Waals surface area contributed by atoms with Gasteiger partial charge >= 0.3 is 0 Å². The Balaban J connectivity index is 3.49. The molecule has 7 heavy (non-hydrogen) atoms. The van der Waals surface area contributed by atoms with Crippen LogP contribution < -0.4 is 0 Å². The lowest BCUT2D eigenvalue weighted by molar-refractivity contribution is 1.20. The SMILES string of the molecule is CCC=C(C)C=N. The molecule has 1 heteroatoms. The number of hydrogen-bond donors (Lipinski definition) is 1. The Bertz CT molecular complexity index is 82.2. The van der Waals surface area contributed by atoms with Crippen LogP contribution in [0.15, 0.2) is 11.6 Å². The molecule has 0 aromatic heterocycles. The first-order chi connectivity index (χ1) is 3.31. The van der Waals surface area contributed by atoms with Crippen molar-refractivity contribution >= 4 is 6.21 Å². The molecule has 0 aromatic carbocycles. The van der Waals surface area contributed by atoms with Crippen LogP contribution in [0.1, 0.15) is 20.3 Å². The highest BCUT2D eigenvalue weighted by Crippen LogP contribution is 1.87. The third kappa shape index (κ3) is 3.23. The first-order valence-electron chi connectivity index (χ1n) is 2.48. The van der Waals surface area contributed by atoms with Crippen molar-refractivity contribution in [3.63, 3.8) is 0 Å². The fourth-order valence-electron chi connectivity index (χ4n) is 0.381. The lowest BCUT2D eigenvalue weighted by atomic mass is 10.3. The smallest absolute Gasteiger partial charge is 0.0203 e. The van der Waals surface area contributed by atoms with Gasteiger partial charge in [0.2, 0.25) is 0 Å². The third-order valence-corrected chi connectivity index (χ3v) is 0.754. The highest BCUT2D eigenvalue weighted by Gasteiger charge is 1.73. The molecule has 0 aliphatic heterocycles. The molecule has 0 saturated heterocycles. The van der Waals surface area contributed by atoms with Gasteiger partial charge in [0.05, 0.1) is 0 Å². The zero-order valence-electron chi connectivity index (χ0n) is 4.86. The molecule has 0 fully saturated rings. The fraction of sp³-hybridized carbons (Fsp3) is 0.500. The van der Waals surface area contributed by atoms with Gasteiger partial charge in [0.1, 0.15) is 0 Å². The lowest BCUT2D eigenvalue weighted by Gasteiger charge is -1.81. The summed E-state index contributed by atoms with van der Waals surface area (Å²) >= 11 is 0. The van der Waals surface area contributed by atoms with Gasteiger partial charge in [-0.15, -0.1) is 0 Å². The molecule has 1 nitrogen and oxygen atoms in total. The van der Waals surface area contributed by atoms with Gasteiger partial charge in [0.25, 0.3) is 0 Å². The summed E-state index contributed by atoms with van der Waals surface area (Å²) in [6.07, 6.45) is 4.41. The topological polar surface area (TPSA) is 23.9 Å². The van der Waals surface area contributed by atoms with E-state index in [1.165, 1.54) is 6.21 Å². The number of allylic oxidation sites excluding steroid dienone is 2. The molecule has 0 aliphatic carbocycles. The van der Waals surface area contributed by atoms with Crippen LogP contribution in [0.4, 0.5) is 0 Å². The summed E-state index contributed by atoms with van der Waals surface area (Å²) < 4.78 is 0. The van der Waals surface area contributed by atoms with Crippen molar-refractivity contribution in [3.8, 4) is 0 Å². The predicted octanol–water partition coefficient (Wildman–Crippen LogP) is 1.99. The summed E-state index contributed by atoms with van der Waals surface area (Å²) in [6, 6.07) is 0. The van der Waals surface area contributed by atoms with Crippen LogP contribution in [-0.4, -0.2) is 6.21 Å². The Morgan fingerprint density at radius 2 is 2.29 bits per heavy atom. The predicted molar refractivity (Wildman–Crippen MR) is 32.8 cm³/mol. The van der Waals surface area contributed by atoms with Gasteiger partial charge in [-0.3, -0.25) is 0 Å². The highest BCUT2D eigenvalue weighted by molar-refractivity contribution is 5.74. The van der Waals surface area contributed by atoms with Crippen molar-refractivity contribution in [2.24, 2.45) is 0 Å². The van der Waals surface area contributed by atoms with E-state index in [0.29, 0.717) is 0 Å². The van der Waals surface area contributed by atoms with Crippen LogP contribution in [0.2, 0.25) is 0 Å². The van der Waals surface area contributed by atoms with Crippen LogP contribution in [0.3, 0.4) is 0 Å². The van der Waals surface area contributed by atoms with Crippen LogP contribution in [0.5, 0.6) is 0 Å². The molecule has 0 aromatic rings. The van der Waals surface area contributed by atoms with Crippen molar-refractivity contribution < 1.29 is 0 Å². The van der Waals surface area contributed by atoms with Crippen molar-refractivity contribution in [1.29, 1.82) is 5.41 Å². The van der Waals surface area contributed by atoms with Crippen LogP contribution >= 0.6 is 0 Å². The molecule has 0 atom stereocenters. The second-order valence-corrected chi connectivity index (χ2v) is 1.50. The molecule has 0 heterocycles. The molecule has 0 saturated carbocycles. The quantitative estimate of drug-likeness (QED) is 0.509. The maximum absolute atomic E-state index is 6.72. The van der Waals surface area contributed by atoms with Gasteiger partial charge in [-0.2, -0.15) is 0 Å². The van der Waals surface area contributed by atoms with Crippen LogP contribution in [0.25, 0.3) is 0 Å². The summed E-state index contributed by atoms with van der Waals surface area (Å²) in [5.41, 5.74) is 1.04. The Hall–Kier alpha value is -0.590. The summed E-state index contributed by atoms with van der Waals surface area (Å²) in [7, 11) is 0. The highest BCUT2D eigenvalue weighted by atomic mass is 14.3. The monoisotopic (exact) mass is 97.1 g/mol. The van der Waals surface area contributed by atoms with E-state index >= 15 is 0 Å². The van der Waals surface area contributed by atoms with Gasteiger partial charge in [-0.05, 0) is 18.9 Å². The van der Waals surface area contributed by atoms with Crippen molar-refractivity contribution in [1.82, 2.24) is 0 Å². The van der Waals surface area contributed by atoms with E-state index in [-0.39, 0.29) is 0 Å². The first-order valence-corrected chi connectivity index (χ1v) is 2.48.